The molecule has 0 fully saturated rings. The quantitative estimate of drug-likeness (QED) is 0.728. The lowest BCUT2D eigenvalue weighted by atomic mass is 10.2. The molecule has 0 aliphatic rings. The molecule has 0 radical (unpaired) electrons. The maximum Gasteiger partial charge on any atom is 0.214 e. The predicted octanol–water partition coefficient (Wildman–Crippen LogP) is 2.54. The first-order valence-corrected chi connectivity index (χ1v) is 5.38. The van der Waals surface area contributed by atoms with Gasteiger partial charge in [-0.2, -0.15) is 0 Å². The van der Waals surface area contributed by atoms with Gasteiger partial charge in [0.05, 0.1) is 6.61 Å². The summed E-state index contributed by atoms with van der Waals surface area (Å²) in [5.74, 6) is 1.08. The van der Waals surface area contributed by atoms with E-state index in [1.807, 2.05) is 26.0 Å². The van der Waals surface area contributed by atoms with Crippen molar-refractivity contribution in [1.29, 1.82) is 0 Å². The number of aromatic nitrogens is 1. The zero-order valence-corrected chi connectivity index (χ0v) is 10.0. The zero-order chi connectivity index (χ0) is 11.3. The fourth-order valence-corrected chi connectivity index (χ4v) is 1.47. The summed E-state index contributed by atoms with van der Waals surface area (Å²) in [7, 11) is 1.65. The fourth-order valence-electron chi connectivity index (χ4n) is 1.32. The molecule has 1 aromatic heterocycles. The molecule has 1 rings (SSSR count). The topological polar surface area (TPSA) is 31.4 Å². The number of nitrogens with zero attached hydrogens (tertiary/aromatic N) is 1. The lowest BCUT2D eigenvalue weighted by molar-refractivity contribution is 0.0888. The average molecular weight is 230 g/mol. The van der Waals surface area contributed by atoms with Crippen LogP contribution in [-0.4, -0.2) is 24.8 Å². The molecule has 3 nitrogen and oxygen atoms in total. The van der Waals surface area contributed by atoms with E-state index in [4.69, 9.17) is 21.1 Å². The third-order valence-corrected chi connectivity index (χ3v) is 2.18. The lowest BCUT2D eigenvalue weighted by Gasteiger charge is -2.13. The van der Waals surface area contributed by atoms with Crippen LogP contribution in [0.3, 0.4) is 0 Å². The largest absolute Gasteiger partial charge is 0.472 e. The van der Waals surface area contributed by atoms with E-state index in [9.17, 15) is 0 Å². The summed E-state index contributed by atoms with van der Waals surface area (Å²) in [6, 6.07) is 3.80. The second-order valence-electron chi connectivity index (χ2n) is 3.47. The number of halogens is 1. The summed E-state index contributed by atoms with van der Waals surface area (Å²) < 4.78 is 10.6. The molecule has 0 aliphatic heterocycles. The average Bonchev–Trinajstić information content (AvgIpc) is 2.17. The van der Waals surface area contributed by atoms with Crippen LogP contribution in [0, 0.1) is 6.92 Å². The number of methoxy groups -OCH3 is 1. The van der Waals surface area contributed by atoms with E-state index >= 15 is 0 Å². The molecule has 1 aromatic rings. The minimum atomic E-state index is -0.00697. The normalized spacial score (nSPS) is 12.5. The van der Waals surface area contributed by atoms with Crippen molar-refractivity contribution in [3.63, 3.8) is 0 Å². The van der Waals surface area contributed by atoms with Gasteiger partial charge in [-0.15, -0.1) is 11.6 Å². The molecule has 0 saturated carbocycles. The third-order valence-electron chi connectivity index (χ3n) is 1.87. The van der Waals surface area contributed by atoms with Gasteiger partial charge in [-0.1, -0.05) is 0 Å². The summed E-state index contributed by atoms with van der Waals surface area (Å²) in [6.45, 7) is 4.41. The van der Waals surface area contributed by atoms with E-state index in [-0.39, 0.29) is 6.10 Å². The Morgan fingerprint density at radius 3 is 2.80 bits per heavy atom. The van der Waals surface area contributed by atoms with Crippen molar-refractivity contribution in [3.8, 4) is 5.88 Å². The molecule has 0 amide bonds. The molecule has 0 N–H and O–H groups in total. The summed E-state index contributed by atoms with van der Waals surface area (Å²) in [6.07, 6.45) is -0.00697. The van der Waals surface area contributed by atoms with Gasteiger partial charge < -0.3 is 9.47 Å². The lowest BCUT2D eigenvalue weighted by Crippen LogP contribution is -2.18. The van der Waals surface area contributed by atoms with Crippen molar-refractivity contribution in [3.05, 3.63) is 23.4 Å². The summed E-state index contributed by atoms with van der Waals surface area (Å²) in [5.41, 5.74) is 1.93. The number of pyridine rings is 1. The SMILES string of the molecule is COCC(C)Oc1cc(CCl)cc(C)n1. The van der Waals surface area contributed by atoms with Crippen LogP contribution in [0.15, 0.2) is 12.1 Å². The first-order valence-electron chi connectivity index (χ1n) is 4.85. The molecular formula is C11H16ClNO2. The first-order chi connectivity index (χ1) is 7.15. The molecule has 84 valence electrons. The van der Waals surface area contributed by atoms with Crippen LogP contribution in [0.2, 0.25) is 0 Å². The molecule has 0 bridgehead atoms. The highest BCUT2D eigenvalue weighted by molar-refractivity contribution is 6.17. The molecule has 0 spiro atoms. The summed E-state index contributed by atoms with van der Waals surface area (Å²) in [4.78, 5) is 4.27. The van der Waals surface area contributed by atoms with Crippen molar-refractivity contribution in [2.75, 3.05) is 13.7 Å². The predicted molar refractivity (Wildman–Crippen MR) is 60.5 cm³/mol. The highest BCUT2D eigenvalue weighted by Gasteiger charge is 2.06. The monoisotopic (exact) mass is 229 g/mol. The molecular weight excluding hydrogens is 214 g/mol. The van der Waals surface area contributed by atoms with Gasteiger partial charge in [0.25, 0.3) is 0 Å². The van der Waals surface area contributed by atoms with Crippen molar-refractivity contribution in [2.24, 2.45) is 0 Å². The van der Waals surface area contributed by atoms with Crippen molar-refractivity contribution >= 4 is 11.6 Å². The Morgan fingerprint density at radius 2 is 2.20 bits per heavy atom. The smallest absolute Gasteiger partial charge is 0.214 e. The van der Waals surface area contributed by atoms with E-state index in [1.165, 1.54) is 0 Å². The van der Waals surface area contributed by atoms with Crippen molar-refractivity contribution in [2.45, 2.75) is 25.8 Å². The van der Waals surface area contributed by atoms with Crippen LogP contribution in [0.4, 0.5) is 0 Å². The second-order valence-corrected chi connectivity index (χ2v) is 3.74. The van der Waals surface area contributed by atoms with Gasteiger partial charge in [-0.3, -0.25) is 0 Å². The molecule has 0 aromatic carbocycles. The number of aryl methyl sites for hydroxylation is 1. The second kappa shape index (κ2) is 5.93. The molecule has 0 saturated heterocycles. The standard InChI is InChI=1S/C11H16ClNO2/c1-8-4-10(6-12)5-11(13-8)15-9(2)7-14-3/h4-5,9H,6-7H2,1-3H3. The number of rotatable bonds is 5. The molecule has 1 heterocycles. The van der Waals surface area contributed by atoms with Gasteiger partial charge in [0, 0.05) is 24.8 Å². The van der Waals surface area contributed by atoms with Crippen LogP contribution < -0.4 is 4.74 Å². The Morgan fingerprint density at radius 1 is 1.47 bits per heavy atom. The minimum absolute atomic E-state index is 0.00697. The molecule has 1 atom stereocenters. The van der Waals surface area contributed by atoms with Gasteiger partial charge in [0.15, 0.2) is 0 Å². The van der Waals surface area contributed by atoms with Crippen LogP contribution in [0.5, 0.6) is 5.88 Å². The molecule has 15 heavy (non-hydrogen) atoms. The first kappa shape index (κ1) is 12.3. The van der Waals surface area contributed by atoms with Gasteiger partial charge in [0.2, 0.25) is 5.88 Å². The maximum atomic E-state index is 5.76. The minimum Gasteiger partial charge on any atom is -0.472 e. The van der Waals surface area contributed by atoms with Crippen LogP contribution in [0.1, 0.15) is 18.2 Å². The van der Waals surface area contributed by atoms with Crippen molar-refractivity contribution < 1.29 is 9.47 Å². The molecule has 0 aliphatic carbocycles. The number of hydrogen-bond donors (Lipinski definition) is 0. The van der Waals surface area contributed by atoms with Gasteiger partial charge >= 0.3 is 0 Å². The summed E-state index contributed by atoms with van der Waals surface area (Å²) >= 11 is 5.76. The van der Waals surface area contributed by atoms with Gasteiger partial charge in [-0.05, 0) is 25.5 Å². The third kappa shape index (κ3) is 4.06. The number of hydrogen-bond acceptors (Lipinski definition) is 3. The highest BCUT2D eigenvalue weighted by Crippen LogP contribution is 2.15. The van der Waals surface area contributed by atoms with Gasteiger partial charge in [0.1, 0.15) is 6.10 Å². The van der Waals surface area contributed by atoms with E-state index < -0.39 is 0 Å². The van der Waals surface area contributed by atoms with Crippen LogP contribution in [0.25, 0.3) is 0 Å². The Bertz CT molecular complexity index is 317. The number of alkyl halides is 1. The maximum absolute atomic E-state index is 5.76. The molecule has 4 heteroatoms. The van der Waals surface area contributed by atoms with E-state index in [0.29, 0.717) is 18.4 Å². The van der Waals surface area contributed by atoms with E-state index in [1.54, 1.807) is 7.11 Å². The highest BCUT2D eigenvalue weighted by atomic mass is 35.5. The summed E-state index contributed by atoms with van der Waals surface area (Å²) in [5, 5.41) is 0. The Labute approximate surface area is 95.4 Å². The van der Waals surface area contributed by atoms with Gasteiger partial charge in [-0.25, -0.2) is 4.98 Å². The Balaban J connectivity index is 2.71. The van der Waals surface area contributed by atoms with Crippen molar-refractivity contribution in [1.82, 2.24) is 4.98 Å². The fraction of sp³-hybridized carbons (Fsp3) is 0.545. The van der Waals surface area contributed by atoms with Crippen LogP contribution in [-0.2, 0) is 10.6 Å². The number of ether oxygens (including phenoxy) is 2. The van der Waals surface area contributed by atoms with E-state index in [2.05, 4.69) is 4.98 Å². The Hall–Kier alpha value is -0.800. The van der Waals surface area contributed by atoms with Crippen LogP contribution >= 0.6 is 11.6 Å². The van der Waals surface area contributed by atoms with E-state index in [0.717, 1.165) is 11.3 Å². The zero-order valence-electron chi connectivity index (χ0n) is 9.29. The Kier molecular flexibility index (Phi) is 4.85. The molecule has 1 unspecified atom stereocenters.